The van der Waals surface area contributed by atoms with Gasteiger partial charge in [-0.05, 0) is 31.0 Å². The summed E-state index contributed by atoms with van der Waals surface area (Å²) in [4.78, 5) is 26.8. The number of benzene rings is 2. The lowest BCUT2D eigenvalue weighted by atomic mass is 10.0. The molecule has 5 nitrogen and oxygen atoms in total. The van der Waals surface area contributed by atoms with Gasteiger partial charge in [-0.15, -0.1) is 0 Å². The summed E-state index contributed by atoms with van der Waals surface area (Å²) in [6.45, 7) is 1.96. The van der Waals surface area contributed by atoms with Crippen molar-refractivity contribution in [2.75, 3.05) is 13.1 Å². The molecule has 1 aliphatic heterocycles. The highest BCUT2D eigenvalue weighted by molar-refractivity contribution is 5.93. The Hall–Kier alpha value is -3.06. The van der Waals surface area contributed by atoms with E-state index in [0.717, 1.165) is 12.1 Å². The number of piperidine rings is 1. The van der Waals surface area contributed by atoms with E-state index in [2.05, 4.69) is 10.2 Å². The number of hydrogen-bond acceptors (Lipinski definition) is 4. The normalized spacial score (nSPS) is 15.5. The van der Waals surface area contributed by atoms with Crippen molar-refractivity contribution in [1.82, 2.24) is 10.2 Å². The van der Waals surface area contributed by atoms with Gasteiger partial charge in [0, 0.05) is 43.4 Å². The molecule has 0 unspecified atom stereocenters. The van der Waals surface area contributed by atoms with Crippen LogP contribution in [0.4, 0.5) is 8.78 Å². The monoisotopic (exact) mass is 398 g/mol. The van der Waals surface area contributed by atoms with Crippen LogP contribution in [0.5, 0.6) is 0 Å². The zero-order valence-corrected chi connectivity index (χ0v) is 15.7. The molecular weight excluding hydrogens is 378 g/mol. The van der Waals surface area contributed by atoms with Crippen LogP contribution < -0.4 is 10.7 Å². The first-order valence-electron chi connectivity index (χ1n) is 9.49. The molecule has 29 heavy (non-hydrogen) atoms. The third-order valence-electron chi connectivity index (χ3n) is 5.19. The molecule has 4 rings (SSSR count). The Labute approximate surface area is 165 Å². The molecule has 1 amide bonds. The van der Waals surface area contributed by atoms with Crippen LogP contribution >= 0.6 is 0 Å². The van der Waals surface area contributed by atoms with Crippen LogP contribution in [-0.4, -0.2) is 29.9 Å². The Bertz CT molecular complexity index is 1100. The summed E-state index contributed by atoms with van der Waals surface area (Å²) >= 11 is 0. The van der Waals surface area contributed by atoms with E-state index in [-0.39, 0.29) is 28.6 Å². The van der Waals surface area contributed by atoms with Gasteiger partial charge in [0.15, 0.2) is 11.2 Å². The summed E-state index contributed by atoms with van der Waals surface area (Å²) in [7, 11) is 0. The van der Waals surface area contributed by atoms with E-state index in [1.807, 2.05) is 6.07 Å². The number of carbonyl (C=O) groups is 1. The van der Waals surface area contributed by atoms with Crippen molar-refractivity contribution in [2.45, 2.75) is 25.4 Å². The summed E-state index contributed by atoms with van der Waals surface area (Å²) < 4.78 is 32.6. The maximum absolute atomic E-state index is 13.8. The van der Waals surface area contributed by atoms with Gasteiger partial charge in [-0.1, -0.05) is 18.2 Å². The second-order valence-electron chi connectivity index (χ2n) is 7.23. The lowest BCUT2D eigenvalue weighted by Gasteiger charge is -2.32. The third kappa shape index (κ3) is 4.35. The van der Waals surface area contributed by atoms with Crippen LogP contribution in [0.15, 0.2) is 57.7 Å². The third-order valence-corrected chi connectivity index (χ3v) is 5.19. The fourth-order valence-corrected chi connectivity index (χ4v) is 3.60. The van der Waals surface area contributed by atoms with E-state index in [4.69, 9.17) is 4.42 Å². The predicted octanol–water partition coefficient (Wildman–Crippen LogP) is 3.47. The fourth-order valence-electron chi connectivity index (χ4n) is 3.60. The molecule has 0 bridgehead atoms. The van der Waals surface area contributed by atoms with Crippen LogP contribution in [0.25, 0.3) is 11.0 Å². The lowest BCUT2D eigenvalue weighted by molar-refractivity contribution is 0.0881. The fraction of sp³-hybridized carbons (Fsp3) is 0.273. The Kier molecular flexibility index (Phi) is 5.40. The molecule has 1 aliphatic rings. The minimum atomic E-state index is -0.541. The number of carbonyl (C=O) groups excluding carboxylic acids is 1. The van der Waals surface area contributed by atoms with Crippen molar-refractivity contribution in [3.63, 3.8) is 0 Å². The van der Waals surface area contributed by atoms with Crippen LogP contribution in [-0.2, 0) is 6.54 Å². The molecule has 0 radical (unpaired) electrons. The van der Waals surface area contributed by atoms with Crippen molar-refractivity contribution in [3.05, 3.63) is 81.7 Å². The first kappa shape index (κ1) is 19.3. The Balaban J connectivity index is 1.38. The van der Waals surface area contributed by atoms with Gasteiger partial charge >= 0.3 is 0 Å². The molecule has 1 N–H and O–H groups in total. The van der Waals surface area contributed by atoms with E-state index in [1.54, 1.807) is 12.1 Å². The van der Waals surface area contributed by atoms with Crippen LogP contribution in [0.3, 0.4) is 0 Å². The average Bonchev–Trinajstić information content (AvgIpc) is 2.70. The number of hydrogen-bond donors (Lipinski definition) is 1. The van der Waals surface area contributed by atoms with Crippen molar-refractivity contribution in [2.24, 2.45) is 0 Å². The van der Waals surface area contributed by atoms with Crippen molar-refractivity contribution in [3.8, 4) is 0 Å². The van der Waals surface area contributed by atoms with Gasteiger partial charge in [0.1, 0.15) is 17.2 Å². The standard InChI is InChI=1S/C22H20F2N2O3/c23-15-5-6-17-19(27)12-21(29-20(17)11-15)22(28)25-16-7-9-26(10-8-16)13-14-3-1-2-4-18(14)24/h1-6,11-12,16H,7-10,13H2,(H,25,28). The Morgan fingerprint density at radius 1 is 1.10 bits per heavy atom. The van der Waals surface area contributed by atoms with Crippen molar-refractivity contribution >= 4 is 16.9 Å². The minimum Gasteiger partial charge on any atom is -0.451 e. The highest BCUT2D eigenvalue weighted by Crippen LogP contribution is 2.17. The first-order valence-corrected chi connectivity index (χ1v) is 9.49. The predicted molar refractivity (Wildman–Crippen MR) is 105 cm³/mol. The molecule has 7 heteroatoms. The summed E-state index contributed by atoms with van der Waals surface area (Å²) in [6.07, 6.45) is 1.40. The van der Waals surface area contributed by atoms with Crippen LogP contribution in [0, 0.1) is 11.6 Å². The number of fused-ring (bicyclic) bond motifs is 1. The number of nitrogens with one attached hydrogen (secondary N) is 1. The highest BCUT2D eigenvalue weighted by atomic mass is 19.1. The zero-order chi connectivity index (χ0) is 20.4. The summed E-state index contributed by atoms with van der Waals surface area (Å²) in [5, 5.41) is 3.10. The summed E-state index contributed by atoms with van der Waals surface area (Å²) in [5.41, 5.74) is 0.304. The van der Waals surface area contributed by atoms with Gasteiger partial charge in [-0.3, -0.25) is 14.5 Å². The van der Waals surface area contributed by atoms with E-state index in [9.17, 15) is 18.4 Å². The quantitative estimate of drug-likeness (QED) is 0.731. The second kappa shape index (κ2) is 8.13. The molecule has 0 saturated carbocycles. The number of likely N-dealkylation sites (tertiary alicyclic amines) is 1. The molecule has 0 aliphatic carbocycles. The van der Waals surface area contributed by atoms with E-state index in [0.29, 0.717) is 38.0 Å². The Morgan fingerprint density at radius 3 is 2.62 bits per heavy atom. The van der Waals surface area contributed by atoms with Gasteiger partial charge < -0.3 is 9.73 Å². The molecule has 0 atom stereocenters. The largest absolute Gasteiger partial charge is 0.451 e. The molecule has 150 valence electrons. The second-order valence-corrected chi connectivity index (χ2v) is 7.23. The molecule has 1 saturated heterocycles. The Morgan fingerprint density at radius 2 is 1.86 bits per heavy atom. The number of nitrogens with zero attached hydrogens (tertiary/aromatic N) is 1. The maximum Gasteiger partial charge on any atom is 0.287 e. The molecule has 2 heterocycles. The first-order chi connectivity index (χ1) is 14.0. The molecular formula is C22H20F2N2O3. The van der Waals surface area contributed by atoms with Crippen LogP contribution in [0.1, 0.15) is 29.0 Å². The van der Waals surface area contributed by atoms with Gasteiger partial charge in [0.05, 0.1) is 5.39 Å². The molecule has 2 aromatic carbocycles. The van der Waals surface area contributed by atoms with Gasteiger partial charge in [-0.2, -0.15) is 0 Å². The maximum atomic E-state index is 13.8. The highest BCUT2D eigenvalue weighted by Gasteiger charge is 2.23. The van der Waals surface area contributed by atoms with Gasteiger partial charge in [0.25, 0.3) is 5.91 Å². The molecule has 3 aromatic rings. The smallest absolute Gasteiger partial charge is 0.287 e. The molecule has 1 fully saturated rings. The van der Waals surface area contributed by atoms with E-state index < -0.39 is 17.2 Å². The topological polar surface area (TPSA) is 62.6 Å². The SMILES string of the molecule is O=C(NC1CCN(Cc2ccccc2F)CC1)c1cc(=O)c2ccc(F)cc2o1. The number of amides is 1. The number of halogens is 2. The van der Waals surface area contributed by atoms with Crippen molar-refractivity contribution < 1.29 is 18.0 Å². The average molecular weight is 398 g/mol. The minimum absolute atomic E-state index is 0.0438. The summed E-state index contributed by atoms with van der Waals surface area (Å²) in [6, 6.07) is 11.4. The van der Waals surface area contributed by atoms with Crippen LogP contribution in [0.2, 0.25) is 0 Å². The number of rotatable bonds is 4. The molecule has 0 spiro atoms. The zero-order valence-electron chi connectivity index (χ0n) is 15.7. The molecule has 1 aromatic heterocycles. The summed E-state index contributed by atoms with van der Waals surface area (Å²) in [5.74, 6) is -1.39. The van der Waals surface area contributed by atoms with E-state index in [1.165, 1.54) is 18.2 Å². The van der Waals surface area contributed by atoms with Crippen molar-refractivity contribution in [1.29, 1.82) is 0 Å². The van der Waals surface area contributed by atoms with E-state index >= 15 is 0 Å². The van der Waals surface area contributed by atoms with Gasteiger partial charge in [0.2, 0.25) is 0 Å². The lowest BCUT2D eigenvalue weighted by Crippen LogP contribution is -2.44. The van der Waals surface area contributed by atoms with Gasteiger partial charge in [-0.25, -0.2) is 8.78 Å².